The molecule has 1 unspecified atom stereocenters. The van der Waals surface area contributed by atoms with Gasteiger partial charge in [-0.05, 0) is 12.1 Å². The summed E-state index contributed by atoms with van der Waals surface area (Å²) in [6, 6.07) is 9.05. The number of nitrogens with zero attached hydrogens (tertiary/aromatic N) is 2. The zero-order chi connectivity index (χ0) is 14.4. The quantitative estimate of drug-likeness (QED) is 0.802. The van der Waals surface area contributed by atoms with Crippen molar-refractivity contribution in [2.45, 2.75) is 6.10 Å². The van der Waals surface area contributed by atoms with E-state index in [1.165, 1.54) is 0 Å². The van der Waals surface area contributed by atoms with Crippen LogP contribution in [0.3, 0.4) is 0 Å². The van der Waals surface area contributed by atoms with Crippen molar-refractivity contribution in [2.24, 2.45) is 5.73 Å². The Labute approximate surface area is 118 Å². The van der Waals surface area contributed by atoms with Crippen LogP contribution in [-0.2, 0) is 0 Å². The minimum atomic E-state index is -0.546. The van der Waals surface area contributed by atoms with Gasteiger partial charge in [0.1, 0.15) is 18.5 Å². The molecule has 1 saturated heterocycles. The number of nitrogens with two attached hydrogens (primary N) is 1. The van der Waals surface area contributed by atoms with Crippen molar-refractivity contribution in [3.63, 3.8) is 0 Å². The molecule has 2 rings (SSSR count). The van der Waals surface area contributed by atoms with Gasteiger partial charge in [-0.3, -0.25) is 4.90 Å². The predicted octanol–water partition coefficient (Wildman–Crippen LogP) is 0.123. The van der Waals surface area contributed by atoms with Gasteiger partial charge in [-0.25, -0.2) is 4.79 Å². The SMILES string of the molecule is NC(=O)N1CCN(CC(O)COc2ccccc2)CC1. The van der Waals surface area contributed by atoms with Crippen LogP contribution in [0.2, 0.25) is 0 Å². The molecular formula is C14H21N3O3. The second kappa shape index (κ2) is 7.12. The first kappa shape index (κ1) is 14.6. The zero-order valence-electron chi connectivity index (χ0n) is 11.4. The van der Waals surface area contributed by atoms with Crippen molar-refractivity contribution in [2.75, 3.05) is 39.3 Å². The first-order valence-corrected chi connectivity index (χ1v) is 6.78. The molecule has 3 N–H and O–H groups in total. The molecule has 6 heteroatoms. The highest BCUT2D eigenvalue weighted by Gasteiger charge is 2.21. The number of primary amides is 1. The van der Waals surface area contributed by atoms with Gasteiger partial charge in [0.2, 0.25) is 0 Å². The molecule has 0 aromatic heterocycles. The summed E-state index contributed by atoms with van der Waals surface area (Å²) in [6.07, 6.45) is -0.546. The summed E-state index contributed by atoms with van der Waals surface area (Å²) in [5.41, 5.74) is 5.23. The van der Waals surface area contributed by atoms with E-state index in [0.717, 1.165) is 18.8 Å². The molecule has 2 amide bonds. The zero-order valence-corrected chi connectivity index (χ0v) is 11.4. The van der Waals surface area contributed by atoms with E-state index in [4.69, 9.17) is 10.5 Å². The second-order valence-corrected chi connectivity index (χ2v) is 4.90. The van der Waals surface area contributed by atoms with Crippen LogP contribution in [0, 0.1) is 0 Å². The predicted molar refractivity (Wildman–Crippen MR) is 75.5 cm³/mol. The molecule has 20 heavy (non-hydrogen) atoms. The van der Waals surface area contributed by atoms with Crippen LogP contribution < -0.4 is 10.5 Å². The third-order valence-corrected chi connectivity index (χ3v) is 3.34. The molecular weight excluding hydrogens is 258 g/mol. The van der Waals surface area contributed by atoms with E-state index in [9.17, 15) is 9.90 Å². The lowest BCUT2D eigenvalue weighted by molar-refractivity contribution is 0.0522. The molecule has 0 aliphatic carbocycles. The van der Waals surface area contributed by atoms with Crippen molar-refractivity contribution >= 4 is 6.03 Å². The van der Waals surface area contributed by atoms with E-state index in [1.54, 1.807) is 4.90 Å². The Balaban J connectivity index is 1.68. The average molecular weight is 279 g/mol. The Bertz CT molecular complexity index is 419. The molecule has 0 saturated carbocycles. The third-order valence-electron chi connectivity index (χ3n) is 3.34. The fraction of sp³-hybridized carbons (Fsp3) is 0.500. The number of rotatable bonds is 5. The first-order valence-electron chi connectivity index (χ1n) is 6.78. The number of carbonyl (C=O) groups excluding carboxylic acids is 1. The average Bonchev–Trinajstić information content (AvgIpc) is 2.47. The normalized spacial score (nSPS) is 17.8. The highest BCUT2D eigenvalue weighted by molar-refractivity contribution is 5.72. The largest absolute Gasteiger partial charge is 0.491 e. The summed E-state index contributed by atoms with van der Waals surface area (Å²) >= 11 is 0. The van der Waals surface area contributed by atoms with Crippen LogP contribution >= 0.6 is 0 Å². The van der Waals surface area contributed by atoms with Crippen LogP contribution in [-0.4, -0.2) is 66.4 Å². The van der Waals surface area contributed by atoms with Crippen LogP contribution in [0.5, 0.6) is 5.75 Å². The molecule has 1 aliphatic heterocycles. The smallest absolute Gasteiger partial charge is 0.314 e. The number of urea groups is 1. The summed E-state index contributed by atoms with van der Waals surface area (Å²) in [7, 11) is 0. The van der Waals surface area contributed by atoms with Gasteiger partial charge in [0.05, 0.1) is 0 Å². The van der Waals surface area contributed by atoms with Crippen LogP contribution in [0.25, 0.3) is 0 Å². The lowest BCUT2D eigenvalue weighted by Gasteiger charge is -2.34. The van der Waals surface area contributed by atoms with Crippen LogP contribution in [0.4, 0.5) is 4.79 Å². The van der Waals surface area contributed by atoms with Gasteiger partial charge >= 0.3 is 6.03 Å². The van der Waals surface area contributed by atoms with E-state index in [2.05, 4.69) is 4.90 Å². The highest BCUT2D eigenvalue weighted by Crippen LogP contribution is 2.09. The van der Waals surface area contributed by atoms with E-state index in [0.29, 0.717) is 19.6 Å². The summed E-state index contributed by atoms with van der Waals surface area (Å²) in [5, 5.41) is 9.97. The Morgan fingerprint density at radius 3 is 2.50 bits per heavy atom. The molecule has 1 fully saturated rings. The summed E-state index contributed by atoms with van der Waals surface area (Å²) in [5.74, 6) is 0.755. The molecule has 110 valence electrons. The number of piperazine rings is 1. The maximum atomic E-state index is 11.0. The number of aliphatic hydroxyl groups excluding tert-OH is 1. The van der Waals surface area contributed by atoms with Crippen LogP contribution in [0.15, 0.2) is 30.3 Å². The van der Waals surface area contributed by atoms with Crippen molar-refractivity contribution in [1.82, 2.24) is 9.80 Å². The van der Waals surface area contributed by atoms with Gasteiger partial charge < -0.3 is 20.5 Å². The van der Waals surface area contributed by atoms with Gasteiger partial charge in [-0.15, -0.1) is 0 Å². The number of hydrogen-bond donors (Lipinski definition) is 2. The maximum Gasteiger partial charge on any atom is 0.314 e. The molecule has 0 bridgehead atoms. The van der Waals surface area contributed by atoms with Crippen molar-refractivity contribution < 1.29 is 14.6 Å². The highest BCUT2D eigenvalue weighted by atomic mass is 16.5. The molecule has 1 aromatic carbocycles. The third kappa shape index (κ3) is 4.40. The maximum absolute atomic E-state index is 11.0. The summed E-state index contributed by atoms with van der Waals surface area (Å²) in [6.45, 7) is 3.49. The molecule has 6 nitrogen and oxygen atoms in total. The number of β-amino-alcohol motifs (C(OH)–C–C–N with tert-alkyl or cyclic N) is 1. The number of ether oxygens (including phenoxy) is 1. The van der Waals surface area contributed by atoms with E-state index < -0.39 is 6.10 Å². The molecule has 1 atom stereocenters. The lowest BCUT2D eigenvalue weighted by Crippen LogP contribution is -2.52. The second-order valence-electron chi connectivity index (χ2n) is 4.90. The number of para-hydroxylation sites is 1. The lowest BCUT2D eigenvalue weighted by atomic mass is 10.2. The Morgan fingerprint density at radius 2 is 1.90 bits per heavy atom. The molecule has 0 radical (unpaired) electrons. The van der Waals surface area contributed by atoms with Gasteiger partial charge in [0, 0.05) is 32.7 Å². The van der Waals surface area contributed by atoms with Gasteiger partial charge in [-0.2, -0.15) is 0 Å². The molecule has 1 aromatic rings. The summed E-state index contributed by atoms with van der Waals surface area (Å²) in [4.78, 5) is 14.7. The summed E-state index contributed by atoms with van der Waals surface area (Å²) < 4.78 is 5.51. The minimum absolute atomic E-state index is 0.264. The van der Waals surface area contributed by atoms with Gasteiger partial charge in [0.25, 0.3) is 0 Å². The number of hydrogen-bond acceptors (Lipinski definition) is 4. The van der Waals surface area contributed by atoms with Crippen molar-refractivity contribution in [3.8, 4) is 5.75 Å². The molecule has 1 heterocycles. The number of aliphatic hydroxyl groups is 1. The van der Waals surface area contributed by atoms with Crippen molar-refractivity contribution in [3.05, 3.63) is 30.3 Å². The monoisotopic (exact) mass is 279 g/mol. The standard InChI is InChI=1S/C14H21N3O3/c15-14(19)17-8-6-16(7-9-17)10-12(18)11-20-13-4-2-1-3-5-13/h1-5,12,18H,6-11H2,(H2,15,19). The minimum Gasteiger partial charge on any atom is -0.491 e. The Morgan fingerprint density at radius 1 is 1.25 bits per heavy atom. The van der Waals surface area contributed by atoms with E-state index >= 15 is 0 Å². The fourth-order valence-electron chi connectivity index (χ4n) is 2.21. The van der Waals surface area contributed by atoms with E-state index in [-0.39, 0.29) is 12.6 Å². The number of benzene rings is 1. The number of carbonyl (C=O) groups is 1. The number of amides is 2. The molecule has 1 aliphatic rings. The van der Waals surface area contributed by atoms with Gasteiger partial charge in [-0.1, -0.05) is 18.2 Å². The van der Waals surface area contributed by atoms with Crippen molar-refractivity contribution in [1.29, 1.82) is 0 Å². The van der Waals surface area contributed by atoms with E-state index in [1.807, 2.05) is 30.3 Å². The first-order chi connectivity index (χ1) is 9.65. The fourth-order valence-corrected chi connectivity index (χ4v) is 2.21. The van der Waals surface area contributed by atoms with Gasteiger partial charge in [0.15, 0.2) is 0 Å². The topological polar surface area (TPSA) is 79.0 Å². The molecule has 0 spiro atoms. The Kier molecular flexibility index (Phi) is 5.20. The van der Waals surface area contributed by atoms with Crippen LogP contribution in [0.1, 0.15) is 0 Å². The Hall–Kier alpha value is -1.79.